The van der Waals surface area contributed by atoms with E-state index in [1.54, 1.807) is 0 Å². The Labute approximate surface area is 119 Å². The number of rotatable bonds is 3. The van der Waals surface area contributed by atoms with Gasteiger partial charge in [0.2, 0.25) is 0 Å². The molecule has 2 aromatic rings. The third-order valence-corrected chi connectivity index (χ3v) is 5.51. The van der Waals surface area contributed by atoms with Crippen molar-refractivity contribution in [2.75, 3.05) is 0 Å². The first-order valence-corrected chi connectivity index (χ1v) is 8.12. The Morgan fingerprint density at radius 1 is 1.21 bits per heavy atom. The molecule has 1 N–H and O–H groups in total. The largest absolute Gasteiger partial charge is 0.308 e. The van der Waals surface area contributed by atoms with E-state index >= 15 is 0 Å². The Morgan fingerprint density at radius 3 is 2.84 bits per heavy atom. The average Bonchev–Trinajstić information content (AvgIpc) is 2.83. The predicted octanol–water partition coefficient (Wildman–Crippen LogP) is 4.21. The summed E-state index contributed by atoms with van der Waals surface area (Å²) in [5.74, 6) is 1.74. The first-order chi connectivity index (χ1) is 9.22. The summed E-state index contributed by atoms with van der Waals surface area (Å²) < 4.78 is 1.30. The van der Waals surface area contributed by atoms with Gasteiger partial charge < -0.3 is 5.32 Å². The van der Waals surface area contributed by atoms with Crippen LogP contribution in [-0.2, 0) is 6.54 Å². The predicted molar refractivity (Wildman–Crippen MR) is 82.4 cm³/mol. The van der Waals surface area contributed by atoms with Crippen molar-refractivity contribution in [3.8, 4) is 0 Å². The van der Waals surface area contributed by atoms with Gasteiger partial charge in [0.05, 0.1) is 10.2 Å². The topological polar surface area (TPSA) is 24.9 Å². The van der Waals surface area contributed by atoms with Crippen LogP contribution < -0.4 is 5.32 Å². The van der Waals surface area contributed by atoms with E-state index in [0.717, 1.165) is 23.9 Å². The summed E-state index contributed by atoms with van der Waals surface area (Å²) in [4.78, 5) is 4.69. The van der Waals surface area contributed by atoms with Crippen LogP contribution in [0, 0.1) is 11.8 Å². The van der Waals surface area contributed by atoms with E-state index in [-0.39, 0.29) is 0 Å². The van der Waals surface area contributed by atoms with Crippen LogP contribution in [0.2, 0.25) is 0 Å². The molecule has 1 fully saturated rings. The maximum atomic E-state index is 4.69. The van der Waals surface area contributed by atoms with Gasteiger partial charge in [0, 0.05) is 12.6 Å². The minimum atomic E-state index is 0.679. The molecular weight excluding hydrogens is 252 g/mol. The molecule has 102 valence electrons. The van der Waals surface area contributed by atoms with E-state index in [9.17, 15) is 0 Å². The van der Waals surface area contributed by atoms with Gasteiger partial charge in [-0.05, 0) is 43.2 Å². The monoisotopic (exact) mass is 274 g/mol. The molecule has 3 heteroatoms. The van der Waals surface area contributed by atoms with Crippen molar-refractivity contribution in [1.82, 2.24) is 10.3 Å². The van der Waals surface area contributed by atoms with Crippen LogP contribution in [0.4, 0.5) is 0 Å². The van der Waals surface area contributed by atoms with Gasteiger partial charge in [-0.3, -0.25) is 0 Å². The maximum absolute atomic E-state index is 4.69. The van der Waals surface area contributed by atoms with Crippen LogP contribution >= 0.6 is 11.3 Å². The lowest BCUT2D eigenvalue weighted by Gasteiger charge is -2.32. The molecule has 0 saturated heterocycles. The van der Waals surface area contributed by atoms with Crippen molar-refractivity contribution < 1.29 is 0 Å². The molecule has 1 saturated carbocycles. The Balaban J connectivity index is 1.60. The molecule has 3 rings (SSSR count). The summed E-state index contributed by atoms with van der Waals surface area (Å²) in [5, 5.41) is 4.91. The minimum absolute atomic E-state index is 0.679. The van der Waals surface area contributed by atoms with Gasteiger partial charge in [-0.15, -0.1) is 11.3 Å². The van der Waals surface area contributed by atoms with E-state index in [1.807, 2.05) is 11.3 Å². The molecule has 0 bridgehead atoms. The fraction of sp³-hybridized carbons (Fsp3) is 0.562. The zero-order valence-electron chi connectivity index (χ0n) is 11.7. The highest BCUT2D eigenvalue weighted by Gasteiger charge is 2.24. The molecule has 3 unspecified atom stereocenters. The lowest BCUT2D eigenvalue weighted by Crippen LogP contribution is -2.35. The minimum Gasteiger partial charge on any atom is -0.308 e. The van der Waals surface area contributed by atoms with Crippen LogP contribution in [0.25, 0.3) is 10.2 Å². The van der Waals surface area contributed by atoms with E-state index in [1.165, 1.54) is 29.0 Å². The Kier molecular flexibility index (Phi) is 3.85. The second-order valence-corrected chi connectivity index (χ2v) is 7.04. The number of thiazole rings is 1. The van der Waals surface area contributed by atoms with Gasteiger partial charge in [0.15, 0.2) is 0 Å². The first kappa shape index (κ1) is 13.1. The zero-order chi connectivity index (χ0) is 13.2. The molecule has 3 atom stereocenters. The molecule has 0 aliphatic heterocycles. The number of aromatic nitrogens is 1. The van der Waals surface area contributed by atoms with Gasteiger partial charge in [-0.25, -0.2) is 4.98 Å². The van der Waals surface area contributed by atoms with Crippen molar-refractivity contribution in [2.24, 2.45) is 11.8 Å². The average molecular weight is 274 g/mol. The first-order valence-electron chi connectivity index (χ1n) is 7.30. The molecule has 19 heavy (non-hydrogen) atoms. The molecule has 2 nitrogen and oxygen atoms in total. The van der Waals surface area contributed by atoms with E-state index in [2.05, 4.69) is 48.4 Å². The van der Waals surface area contributed by atoms with Gasteiger partial charge in [0.25, 0.3) is 0 Å². The van der Waals surface area contributed by atoms with Crippen molar-refractivity contribution in [3.63, 3.8) is 0 Å². The summed E-state index contributed by atoms with van der Waals surface area (Å²) in [7, 11) is 0. The number of nitrogens with zero attached hydrogens (tertiary/aromatic N) is 1. The molecule has 1 aromatic carbocycles. The molecule has 1 heterocycles. The highest BCUT2D eigenvalue weighted by atomic mass is 32.1. The summed E-state index contributed by atoms with van der Waals surface area (Å²) in [5.41, 5.74) is 1.13. The summed E-state index contributed by atoms with van der Waals surface area (Å²) in [6.45, 7) is 5.69. The number of benzene rings is 1. The van der Waals surface area contributed by atoms with Crippen LogP contribution in [-0.4, -0.2) is 11.0 Å². The normalized spacial score (nSPS) is 27.8. The fourth-order valence-electron chi connectivity index (χ4n) is 2.96. The van der Waals surface area contributed by atoms with Gasteiger partial charge in [0.1, 0.15) is 5.01 Å². The lowest BCUT2D eigenvalue weighted by molar-refractivity contribution is 0.225. The third-order valence-electron chi connectivity index (χ3n) is 4.48. The Bertz CT molecular complexity index is 515. The van der Waals surface area contributed by atoms with Crippen molar-refractivity contribution >= 4 is 21.6 Å². The molecule has 0 spiro atoms. The molecule has 1 aliphatic carbocycles. The van der Waals surface area contributed by atoms with E-state index < -0.39 is 0 Å². The van der Waals surface area contributed by atoms with Gasteiger partial charge >= 0.3 is 0 Å². The molecule has 0 amide bonds. The van der Waals surface area contributed by atoms with Crippen LogP contribution in [0.5, 0.6) is 0 Å². The van der Waals surface area contributed by atoms with Crippen molar-refractivity contribution in [3.05, 3.63) is 29.3 Å². The van der Waals surface area contributed by atoms with Crippen LogP contribution in [0.1, 0.15) is 38.1 Å². The Hall–Kier alpha value is -0.930. The SMILES string of the molecule is CC1CCC(NCc2nc3ccccc3s2)CC1C. The Morgan fingerprint density at radius 2 is 2.05 bits per heavy atom. The third kappa shape index (κ3) is 2.98. The zero-order valence-corrected chi connectivity index (χ0v) is 12.5. The second kappa shape index (κ2) is 5.59. The smallest absolute Gasteiger partial charge is 0.108 e. The lowest BCUT2D eigenvalue weighted by atomic mass is 9.79. The molecule has 1 aliphatic rings. The van der Waals surface area contributed by atoms with Crippen LogP contribution in [0.3, 0.4) is 0 Å². The molecule has 0 radical (unpaired) electrons. The summed E-state index contributed by atoms with van der Waals surface area (Å²) >= 11 is 1.81. The van der Waals surface area contributed by atoms with Crippen molar-refractivity contribution in [1.29, 1.82) is 0 Å². The van der Waals surface area contributed by atoms with Gasteiger partial charge in [-0.1, -0.05) is 26.0 Å². The number of nitrogens with one attached hydrogen (secondary N) is 1. The van der Waals surface area contributed by atoms with E-state index in [0.29, 0.717) is 6.04 Å². The number of hydrogen-bond acceptors (Lipinski definition) is 3. The summed E-state index contributed by atoms with van der Waals surface area (Å²) in [6.07, 6.45) is 3.99. The number of fused-ring (bicyclic) bond motifs is 1. The number of hydrogen-bond donors (Lipinski definition) is 1. The number of para-hydroxylation sites is 1. The van der Waals surface area contributed by atoms with E-state index in [4.69, 9.17) is 0 Å². The fourth-order valence-corrected chi connectivity index (χ4v) is 3.88. The maximum Gasteiger partial charge on any atom is 0.108 e. The highest BCUT2D eigenvalue weighted by molar-refractivity contribution is 7.18. The van der Waals surface area contributed by atoms with Gasteiger partial charge in [-0.2, -0.15) is 0 Å². The second-order valence-electron chi connectivity index (χ2n) is 5.92. The van der Waals surface area contributed by atoms with Crippen LogP contribution in [0.15, 0.2) is 24.3 Å². The molecular formula is C16H22N2S. The standard InChI is InChI=1S/C16H22N2S/c1-11-7-8-13(9-12(11)2)17-10-16-18-14-5-3-4-6-15(14)19-16/h3-6,11-13,17H,7-10H2,1-2H3. The highest BCUT2D eigenvalue weighted by Crippen LogP contribution is 2.29. The van der Waals surface area contributed by atoms with Crippen molar-refractivity contribution in [2.45, 2.75) is 45.7 Å². The summed E-state index contributed by atoms with van der Waals surface area (Å²) in [6, 6.07) is 9.07. The molecule has 1 aromatic heterocycles. The quantitative estimate of drug-likeness (QED) is 0.907.